The number of carboxylic acids is 1. The molecule has 1 N–H and O–H groups in total. The van der Waals surface area contributed by atoms with Crippen molar-refractivity contribution in [2.45, 2.75) is 27.1 Å². The second-order valence-electron chi connectivity index (χ2n) is 5.66. The van der Waals surface area contributed by atoms with Crippen molar-refractivity contribution in [2.24, 2.45) is 0 Å². The number of hydrogen-bond donors (Lipinski definition) is 1. The molecule has 0 saturated heterocycles. The Bertz CT molecular complexity index is 805. The third kappa shape index (κ3) is 2.80. The minimum atomic E-state index is -1.05. The molecule has 0 aromatic heterocycles. The maximum absolute atomic E-state index is 11.6. The Hall–Kier alpha value is -2.75. The number of rotatable bonds is 3. The standard InChI is InChI=1S/C19H18O4/c1-11-8-9-12(2)17(13(11)3)23-19-15(18(20)21)10-14-6-4-5-7-16(14)22-19/h4-10,19H,1-3H3,(H,20,21). The molecule has 2 aromatic rings. The van der Waals surface area contributed by atoms with Gasteiger partial charge in [-0.3, -0.25) is 0 Å². The molecular formula is C19H18O4. The summed E-state index contributed by atoms with van der Waals surface area (Å²) in [6.07, 6.45) is 0.633. The molecule has 1 aliphatic rings. The Morgan fingerprint density at radius 1 is 1.09 bits per heavy atom. The van der Waals surface area contributed by atoms with E-state index in [1.807, 2.05) is 51.1 Å². The summed E-state index contributed by atoms with van der Waals surface area (Å²) in [6, 6.07) is 11.3. The Balaban J connectivity index is 2.01. The highest BCUT2D eigenvalue weighted by molar-refractivity contribution is 5.94. The van der Waals surface area contributed by atoms with Gasteiger partial charge in [0.2, 0.25) is 0 Å². The molecule has 4 heteroatoms. The SMILES string of the molecule is Cc1ccc(C)c(OC2Oc3ccccc3C=C2C(=O)O)c1C. The van der Waals surface area contributed by atoms with Crippen LogP contribution in [0.3, 0.4) is 0 Å². The lowest BCUT2D eigenvalue weighted by molar-refractivity contribution is -0.135. The lowest BCUT2D eigenvalue weighted by atomic mass is 10.0. The largest absolute Gasteiger partial charge is 0.478 e. The highest BCUT2D eigenvalue weighted by Gasteiger charge is 2.30. The van der Waals surface area contributed by atoms with Gasteiger partial charge in [0.1, 0.15) is 17.1 Å². The number of ether oxygens (including phenoxy) is 2. The van der Waals surface area contributed by atoms with Crippen LogP contribution in [-0.4, -0.2) is 17.4 Å². The summed E-state index contributed by atoms with van der Waals surface area (Å²) >= 11 is 0. The minimum Gasteiger partial charge on any atom is -0.478 e. The first-order valence-electron chi connectivity index (χ1n) is 7.41. The summed E-state index contributed by atoms with van der Waals surface area (Å²) in [6.45, 7) is 5.88. The van der Waals surface area contributed by atoms with Crippen molar-refractivity contribution in [3.05, 3.63) is 64.2 Å². The van der Waals surface area contributed by atoms with Crippen LogP contribution in [0, 0.1) is 20.8 Å². The fraction of sp³-hybridized carbons (Fsp3) is 0.211. The van der Waals surface area contributed by atoms with Gasteiger partial charge in [0.15, 0.2) is 0 Å². The van der Waals surface area contributed by atoms with Gasteiger partial charge in [-0.15, -0.1) is 0 Å². The smallest absolute Gasteiger partial charge is 0.339 e. The minimum absolute atomic E-state index is 0.0870. The maximum Gasteiger partial charge on any atom is 0.339 e. The number of aryl methyl sites for hydroxylation is 2. The summed E-state index contributed by atoms with van der Waals surface area (Å²) < 4.78 is 11.7. The van der Waals surface area contributed by atoms with Gasteiger partial charge in [-0.1, -0.05) is 30.3 Å². The van der Waals surface area contributed by atoms with E-state index in [0.29, 0.717) is 11.5 Å². The van der Waals surface area contributed by atoms with Crippen LogP contribution in [0.25, 0.3) is 6.08 Å². The van der Waals surface area contributed by atoms with E-state index in [9.17, 15) is 9.90 Å². The zero-order valence-corrected chi connectivity index (χ0v) is 13.3. The Kier molecular flexibility index (Phi) is 3.82. The van der Waals surface area contributed by atoms with Gasteiger partial charge in [0.25, 0.3) is 6.29 Å². The molecule has 0 fully saturated rings. The number of benzene rings is 2. The molecule has 0 bridgehead atoms. The fourth-order valence-electron chi connectivity index (χ4n) is 2.59. The van der Waals surface area contributed by atoms with Gasteiger partial charge >= 0.3 is 5.97 Å². The van der Waals surface area contributed by atoms with Crippen molar-refractivity contribution in [3.8, 4) is 11.5 Å². The lowest BCUT2D eigenvalue weighted by Gasteiger charge is -2.27. The van der Waals surface area contributed by atoms with Gasteiger partial charge < -0.3 is 14.6 Å². The van der Waals surface area contributed by atoms with E-state index in [4.69, 9.17) is 9.47 Å². The fourth-order valence-corrected chi connectivity index (χ4v) is 2.59. The van der Waals surface area contributed by atoms with E-state index in [1.165, 1.54) is 0 Å². The van der Waals surface area contributed by atoms with Crippen LogP contribution in [0.4, 0.5) is 0 Å². The van der Waals surface area contributed by atoms with Crippen molar-refractivity contribution in [1.29, 1.82) is 0 Å². The van der Waals surface area contributed by atoms with Crippen molar-refractivity contribution in [1.82, 2.24) is 0 Å². The summed E-state index contributed by atoms with van der Waals surface area (Å²) in [5, 5.41) is 9.48. The molecule has 0 radical (unpaired) electrons. The first-order chi connectivity index (χ1) is 11.0. The number of para-hydroxylation sites is 1. The molecule has 0 aliphatic carbocycles. The Morgan fingerprint density at radius 2 is 1.78 bits per heavy atom. The molecule has 1 heterocycles. The molecule has 0 saturated carbocycles. The zero-order chi connectivity index (χ0) is 16.6. The van der Waals surface area contributed by atoms with Crippen LogP contribution in [0.1, 0.15) is 22.3 Å². The van der Waals surface area contributed by atoms with E-state index in [1.54, 1.807) is 12.1 Å². The second-order valence-corrected chi connectivity index (χ2v) is 5.66. The summed E-state index contributed by atoms with van der Waals surface area (Å²) in [5.41, 5.74) is 3.84. The van der Waals surface area contributed by atoms with Crippen LogP contribution in [0.15, 0.2) is 42.0 Å². The normalized spacial score (nSPS) is 16.1. The highest BCUT2D eigenvalue weighted by atomic mass is 16.7. The Labute approximate surface area is 135 Å². The van der Waals surface area contributed by atoms with Gasteiger partial charge in [0.05, 0.1) is 0 Å². The highest BCUT2D eigenvalue weighted by Crippen LogP contribution is 2.33. The van der Waals surface area contributed by atoms with Crippen molar-refractivity contribution >= 4 is 12.0 Å². The predicted molar refractivity (Wildman–Crippen MR) is 87.8 cm³/mol. The number of fused-ring (bicyclic) bond motifs is 1. The average Bonchev–Trinajstić information content (AvgIpc) is 2.54. The molecule has 4 nitrogen and oxygen atoms in total. The molecule has 118 valence electrons. The molecule has 1 atom stereocenters. The summed E-state index contributed by atoms with van der Waals surface area (Å²) in [5.74, 6) is 0.236. The summed E-state index contributed by atoms with van der Waals surface area (Å²) in [7, 11) is 0. The van der Waals surface area contributed by atoms with Crippen LogP contribution >= 0.6 is 0 Å². The molecule has 1 aliphatic heterocycles. The third-order valence-electron chi connectivity index (χ3n) is 4.06. The van der Waals surface area contributed by atoms with Gasteiger partial charge in [-0.2, -0.15) is 0 Å². The molecule has 23 heavy (non-hydrogen) atoms. The van der Waals surface area contributed by atoms with E-state index < -0.39 is 12.3 Å². The molecule has 1 unspecified atom stereocenters. The average molecular weight is 310 g/mol. The van der Waals surface area contributed by atoms with Gasteiger partial charge in [-0.25, -0.2) is 4.79 Å². The van der Waals surface area contributed by atoms with Gasteiger partial charge in [-0.05, 0) is 49.6 Å². The van der Waals surface area contributed by atoms with E-state index in [-0.39, 0.29) is 5.57 Å². The van der Waals surface area contributed by atoms with Crippen LogP contribution in [0.2, 0.25) is 0 Å². The Morgan fingerprint density at radius 3 is 2.52 bits per heavy atom. The van der Waals surface area contributed by atoms with Crippen LogP contribution in [0.5, 0.6) is 11.5 Å². The van der Waals surface area contributed by atoms with Crippen LogP contribution in [-0.2, 0) is 4.79 Å². The third-order valence-corrected chi connectivity index (χ3v) is 4.06. The molecule has 0 spiro atoms. The first-order valence-corrected chi connectivity index (χ1v) is 7.41. The predicted octanol–water partition coefficient (Wildman–Crippen LogP) is 3.88. The maximum atomic E-state index is 11.6. The lowest BCUT2D eigenvalue weighted by Crippen LogP contribution is -2.33. The van der Waals surface area contributed by atoms with Crippen molar-refractivity contribution in [2.75, 3.05) is 0 Å². The molecule has 3 rings (SSSR count). The topological polar surface area (TPSA) is 55.8 Å². The number of carboxylic acid groups (broad SMARTS) is 1. The van der Waals surface area contributed by atoms with E-state index in [2.05, 4.69) is 0 Å². The van der Waals surface area contributed by atoms with E-state index in [0.717, 1.165) is 22.3 Å². The number of hydrogen-bond acceptors (Lipinski definition) is 3. The molecule has 2 aromatic carbocycles. The van der Waals surface area contributed by atoms with E-state index >= 15 is 0 Å². The number of carbonyl (C=O) groups is 1. The van der Waals surface area contributed by atoms with Crippen molar-refractivity contribution < 1.29 is 19.4 Å². The zero-order valence-electron chi connectivity index (χ0n) is 13.3. The first kappa shape index (κ1) is 15.2. The van der Waals surface area contributed by atoms with Crippen molar-refractivity contribution in [3.63, 3.8) is 0 Å². The monoisotopic (exact) mass is 310 g/mol. The molecule has 0 amide bonds. The van der Waals surface area contributed by atoms with Crippen LogP contribution < -0.4 is 9.47 Å². The second kappa shape index (κ2) is 5.80. The molecular weight excluding hydrogens is 292 g/mol. The quantitative estimate of drug-likeness (QED) is 0.935. The van der Waals surface area contributed by atoms with Gasteiger partial charge in [0, 0.05) is 5.56 Å². The number of aliphatic carboxylic acids is 1. The summed E-state index contributed by atoms with van der Waals surface area (Å²) in [4.78, 5) is 11.6.